The number of rotatable bonds is 2. The van der Waals surface area contributed by atoms with E-state index in [2.05, 4.69) is 0 Å². The Morgan fingerprint density at radius 3 is 2.81 bits per heavy atom. The Hall–Kier alpha value is -1.58. The zero-order chi connectivity index (χ0) is 11.7. The summed E-state index contributed by atoms with van der Waals surface area (Å²) in [7, 11) is 1.76. The smallest absolute Gasteiger partial charge is 0.320 e. The first kappa shape index (κ1) is 10.9. The number of hydrogen-bond acceptors (Lipinski definition) is 1. The monoisotopic (exact) mass is 222 g/mol. The average molecular weight is 222 g/mol. The van der Waals surface area contributed by atoms with Gasteiger partial charge in [-0.3, -0.25) is 0 Å². The highest BCUT2D eigenvalue weighted by atomic mass is 19.1. The fraction of sp³-hybridized carbons (Fsp3) is 0.417. The Balaban J connectivity index is 2.26. The predicted molar refractivity (Wildman–Crippen MR) is 59.5 cm³/mol. The van der Waals surface area contributed by atoms with Crippen LogP contribution in [0, 0.1) is 5.82 Å². The molecule has 0 N–H and O–H groups in total. The van der Waals surface area contributed by atoms with Crippen LogP contribution in [0.3, 0.4) is 0 Å². The first-order chi connectivity index (χ1) is 7.63. The van der Waals surface area contributed by atoms with E-state index in [1.54, 1.807) is 22.9 Å². The number of benzene rings is 1. The van der Waals surface area contributed by atoms with Crippen LogP contribution in [-0.4, -0.2) is 36.0 Å². The van der Waals surface area contributed by atoms with Crippen molar-refractivity contribution in [1.82, 2.24) is 9.80 Å². The van der Waals surface area contributed by atoms with Crippen LogP contribution in [-0.2, 0) is 0 Å². The Morgan fingerprint density at radius 1 is 1.50 bits per heavy atom. The number of urea groups is 1. The van der Waals surface area contributed by atoms with Gasteiger partial charge in [0, 0.05) is 20.1 Å². The highest BCUT2D eigenvalue weighted by molar-refractivity contribution is 5.77. The van der Waals surface area contributed by atoms with Gasteiger partial charge in [-0.15, -0.1) is 0 Å². The summed E-state index contributed by atoms with van der Waals surface area (Å²) in [5.74, 6) is -0.256. The van der Waals surface area contributed by atoms with Crippen LogP contribution in [0.4, 0.5) is 9.18 Å². The van der Waals surface area contributed by atoms with Crippen LogP contribution in [0.15, 0.2) is 24.3 Å². The maximum Gasteiger partial charge on any atom is 0.320 e. The molecule has 1 atom stereocenters. The third-order valence-electron chi connectivity index (χ3n) is 3.05. The van der Waals surface area contributed by atoms with Crippen LogP contribution in [0.2, 0.25) is 0 Å². The van der Waals surface area contributed by atoms with Crippen molar-refractivity contribution in [3.05, 3.63) is 35.6 Å². The molecule has 2 rings (SSSR count). The molecular formula is C12H15FN2O. The molecule has 1 aliphatic heterocycles. The minimum absolute atomic E-state index is 0.0109. The second-order valence-corrected chi connectivity index (χ2v) is 4.00. The largest absolute Gasteiger partial charge is 0.323 e. The Kier molecular flexibility index (Phi) is 2.81. The van der Waals surface area contributed by atoms with Crippen LogP contribution < -0.4 is 0 Å². The van der Waals surface area contributed by atoms with E-state index in [9.17, 15) is 9.18 Å². The van der Waals surface area contributed by atoms with Gasteiger partial charge in [0.1, 0.15) is 5.82 Å². The molecular weight excluding hydrogens is 207 g/mol. The molecule has 0 aliphatic carbocycles. The number of carbonyl (C=O) groups is 1. The van der Waals surface area contributed by atoms with Gasteiger partial charge in [-0.25, -0.2) is 9.18 Å². The molecule has 0 radical (unpaired) electrons. The number of hydrogen-bond donors (Lipinski definition) is 0. The quantitative estimate of drug-likeness (QED) is 0.752. The number of halogens is 1. The molecule has 1 aliphatic rings. The van der Waals surface area contributed by atoms with Crippen molar-refractivity contribution in [2.45, 2.75) is 13.0 Å². The summed E-state index contributed by atoms with van der Waals surface area (Å²) < 4.78 is 13.1. The Morgan fingerprint density at radius 2 is 2.25 bits per heavy atom. The molecule has 1 aromatic carbocycles. The number of carbonyl (C=O) groups excluding carboxylic acids is 1. The van der Waals surface area contributed by atoms with Crippen molar-refractivity contribution in [3.8, 4) is 0 Å². The van der Waals surface area contributed by atoms with Gasteiger partial charge in [0.15, 0.2) is 0 Å². The van der Waals surface area contributed by atoms with Crippen molar-refractivity contribution in [2.75, 3.05) is 20.1 Å². The third kappa shape index (κ3) is 1.75. The topological polar surface area (TPSA) is 23.6 Å². The maximum absolute atomic E-state index is 13.1. The molecule has 1 aromatic rings. The Bertz CT molecular complexity index is 408. The molecule has 1 heterocycles. The highest BCUT2D eigenvalue weighted by Crippen LogP contribution is 2.27. The van der Waals surface area contributed by atoms with Gasteiger partial charge in [0.05, 0.1) is 6.04 Å². The predicted octanol–water partition coefficient (Wildman–Crippen LogP) is 2.25. The van der Waals surface area contributed by atoms with Gasteiger partial charge in [0.25, 0.3) is 0 Å². The fourth-order valence-electron chi connectivity index (χ4n) is 2.07. The van der Waals surface area contributed by atoms with Crippen molar-refractivity contribution in [3.63, 3.8) is 0 Å². The third-order valence-corrected chi connectivity index (χ3v) is 3.05. The molecule has 0 spiro atoms. The van der Waals surface area contributed by atoms with E-state index in [0.29, 0.717) is 13.1 Å². The summed E-state index contributed by atoms with van der Waals surface area (Å²) >= 11 is 0. The maximum atomic E-state index is 13.1. The van der Waals surface area contributed by atoms with E-state index in [-0.39, 0.29) is 17.9 Å². The molecule has 2 amide bonds. The zero-order valence-corrected chi connectivity index (χ0v) is 9.48. The molecule has 86 valence electrons. The number of nitrogens with zero attached hydrogens (tertiary/aromatic N) is 2. The standard InChI is InChI=1S/C12H15FN2O/c1-3-15-8-11(14(2)12(15)16)9-5-4-6-10(13)7-9/h4-7,11H,3,8H2,1-2H3. The van der Waals surface area contributed by atoms with Gasteiger partial charge < -0.3 is 9.80 Å². The molecule has 4 heteroatoms. The van der Waals surface area contributed by atoms with E-state index < -0.39 is 0 Å². The summed E-state index contributed by atoms with van der Waals surface area (Å²) in [5, 5.41) is 0. The zero-order valence-electron chi connectivity index (χ0n) is 9.48. The van der Waals surface area contributed by atoms with Gasteiger partial charge in [-0.05, 0) is 24.6 Å². The van der Waals surface area contributed by atoms with E-state index in [4.69, 9.17) is 0 Å². The molecule has 0 saturated carbocycles. The molecule has 1 saturated heterocycles. The lowest BCUT2D eigenvalue weighted by molar-refractivity contribution is 0.197. The Labute approximate surface area is 94.5 Å². The van der Waals surface area contributed by atoms with Crippen molar-refractivity contribution < 1.29 is 9.18 Å². The number of likely N-dealkylation sites (N-methyl/N-ethyl adjacent to an activating group) is 2. The van der Waals surface area contributed by atoms with Crippen molar-refractivity contribution in [2.24, 2.45) is 0 Å². The minimum atomic E-state index is -0.256. The molecule has 0 aromatic heterocycles. The molecule has 0 bridgehead atoms. The first-order valence-electron chi connectivity index (χ1n) is 5.40. The summed E-state index contributed by atoms with van der Waals surface area (Å²) in [6.45, 7) is 3.27. The molecule has 16 heavy (non-hydrogen) atoms. The summed E-state index contributed by atoms with van der Waals surface area (Å²) in [5.41, 5.74) is 0.854. The van der Waals surface area contributed by atoms with Gasteiger partial charge in [-0.2, -0.15) is 0 Å². The van der Waals surface area contributed by atoms with E-state index in [1.807, 2.05) is 13.0 Å². The lowest BCUT2D eigenvalue weighted by Crippen LogP contribution is -2.29. The van der Waals surface area contributed by atoms with Crippen molar-refractivity contribution in [1.29, 1.82) is 0 Å². The highest BCUT2D eigenvalue weighted by Gasteiger charge is 2.34. The van der Waals surface area contributed by atoms with Gasteiger partial charge >= 0.3 is 6.03 Å². The summed E-state index contributed by atoms with van der Waals surface area (Å²) in [6.07, 6.45) is 0. The van der Waals surface area contributed by atoms with E-state index >= 15 is 0 Å². The lowest BCUT2D eigenvalue weighted by Gasteiger charge is -2.17. The van der Waals surface area contributed by atoms with Crippen LogP contribution >= 0.6 is 0 Å². The first-order valence-corrected chi connectivity index (χ1v) is 5.40. The van der Waals surface area contributed by atoms with Crippen molar-refractivity contribution >= 4 is 6.03 Å². The normalized spacial score (nSPS) is 20.7. The van der Waals surface area contributed by atoms with Gasteiger partial charge in [0.2, 0.25) is 0 Å². The SMILES string of the molecule is CCN1CC(c2cccc(F)c2)N(C)C1=O. The minimum Gasteiger partial charge on any atom is -0.323 e. The van der Waals surface area contributed by atoms with Crippen LogP contribution in [0.25, 0.3) is 0 Å². The van der Waals surface area contributed by atoms with E-state index in [1.165, 1.54) is 12.1 Å². The lowest BCUT2D eigenvalue weighted by atomic mass is 10.1. The van der Waals surface area contributed by atoms with Crippen LogP contribution in [0.5, 0.6) is 0 Å². The van der Waals surface area contributed by atoms with Crippen LogP contribution in [0.1, 0.15) is 18.5 Å². The summed E-state index contributed by atoms with van der Waals surface area (Å²) in [4.78, 5) is 15.2. The molecule has 3 nitrogen and oxygen atoms in total. The second kappa shape index (κ2) is 4.12. The number of amides is 2. The molecule has 1 unspecified atom stereocenters. The fourth-order valence-corrected chi connectivity index (χ4v) is 2.07. The summed E-state index contributed by atoms with van der Waals surface area (Å²) in [6, 6.07) is 6.42. The van der Waals surface area contributed by atoms with E-state index in [0.717, 1.165) is 5.56 Å². The van der Waals surface area contributed by atoms with Gasteiger partial charge in [-0.1, -0.05) is 12.1 Å². The average Bonchev–Trinajstić information content (AvgIpc) is 2.56. The molecule has 1 fully saturated rings. The second-order valence-electron chi connectivity index (χ2n) is 4.00.